The predicted octanol–water partition coefficient (Wildman–Crippen LogP) is 6.53. The monoisotopic (exact) mass is 764 g/mol. The Labute approximate surface area is 293 Å². The second-order valence-corrected chi connectivity index (χ2v) is 13.4. The molecule has 0 fully saturated rings. The molecule has 0 spiro atoms. The molecule has 5 aromatic rings. The van der Waals surface area contributed by atoms with Crippen LogP contribution in [0, 0.1) is 0 Å². The van der Waals surface area contributed by atoms with E-state index in [2.05, 4.69) is 107 Å². The zero-order valence-electron chi connectivity index (χ0n) is 27.2. The van der Waals surface area contributed by atoms with Crippen LogP contribution in [0.2, 0.25) is 0 Å². The molecule has 2 heterocycles. The van der Waals surface area contributed by atoms with Crippen LogP contribution in [0.4, 0.5) is 0 Å². The lowest BCUT2D eigenvalue weighted by molar-refractivity contribution is 0.280. The van der Waals surface area contributed by atoms with Crippen molar-refractivity contribution in [2.45, 2.75) is 38.8 Å². The summed E-state index contributed by atoms with van der Waals surface area (Å²) in [5, 5.41) is 20.8. The summed E-state index contributed by atoms with van der Waals surface area (Å²) in [5.41, 5.74) is 6.02. The predicted molar refractivity (Wildman–Crippen MR) is 193 cm³/mol. The lowest BCUT2D eigenvalue weighted by Gasteiger charge is -2.12. The van der Waals surface area contributed by atoms with Gasteiger partial charge in [-0.1, -0.05) is 40.8 Å². The Bertz CT molecular complexity index is 1720. The Morgan fingerprint density at radius 1 is 0.723 bits per heavy atom. The molecular weight excluding hydrogens is 724 g/mol. The zero-order chi connectivity index (χ0) is 33.0. The van der Waals surface area contributed by atoms with Crippen molar-refractivity contribution in [2.75, 3.05) is 47.4 Å². The molecule has 0 aliphatic carbocycles. The SMILES string of the molecule is CNCCCOc1ccc(CCn2cc(-c3cccc(-c4cn(CCc5ccc(OCCCN(C)C)c(Br)c5)nn4)c3)nn2)cc1Br. The van der Waals surface area contributed by atoms with Gasteiger partial charge in [0.05, 0.1) is 34.6 Å². The van der Waals surface area contributed by atoms with Crippen molar-refractivity contribution in [1.29, 1.82) is 0 Å². The van der Waals surface area contributed by atoms with Gasteiger partial charge in [-0.2, -0.15) is 0 Å². The van der Waals surface area contributed by atoms with Gasteiger partial charge < -0.3 is 19.7 Å². The summed E-state index contributed by atoms with van der Waals surface area (Å²) in [7, 11) is 6.09. The normalized spacial score (nSPS) is 11.4. The first kappa shape index (κ1) is 34.7. The van der Waals surface area contributed by atoms with Gasteiger partial charge in [-0.3, -0.25) is 9.36 Å². The zero-order valence-corrected chi connectivity index (χ0v) is 30.4. The van der Waals surface area contributed by atoms with E-state index in [4.69, 9.17) is 9.47 Å². The largest absolute Gasteiger partial charge is 0.492 e. The van der Waals surface area contributed by atoms with Crippen molar-refractivity contribution in [2.24, 2.45) is 0 Å². The molecule has 3 aromatic carbocycles. The highest BCUT2D eigenvalue weighted by Crippen LogP contribution is 2.28. The van der Waals surface area contributed by atoms with Gasteiger partial charge in [-0.15, -0.1) is 10.2 Å². The van der Waals surface area contributed by atoms with E-state index in [-0.39, 0.29) is 0 Å². The van der Waals surface area contributed by atoms with Gasteiger partial charge >= 0.3 is 0 Å². The average molecular weight is 767 g/mol. The lowest BCUT2D eigenvalue weighted by Crippen LogP contribution is -2.15. The summed E-state index contributed by atoms with van der Waals surface area (Å²) in [6, 6.07) is 20.7. The van der Waals surface area contributed by atoms with Gasteiger partial charge in [0.25, 0.3) is 0 Å². The van der Waals surface area contributed by atoms with E-state index in [1.165, 1.54) is 11.1 Å². The molecule has 0 amide bonds. The molecule has 0 unspecified atom stereocenters. The van der Waals surface area contributed by atoms with Gasteiger partial charge in [0.2, 0.25) is 0 Å². The fourth-order valence-corrected chi connectivity index (χ4v) is 6.11. The molecule has 2 aromatic heterocycles. The Morgan fingerprint density at radius 3 is 1.74 bits per heavy atom. The quantitative estimate of drug-likeness (QED) is 0.101. The summed E-state index contributed by atoms with van der Waals surface area (Å²) in [6.07, 6.45) is 7.59. The van der Waals surface area contributed by atoms with E-state index in [1.54, 1.807) is 0 Å². The van der Waals surface area contributed by atoms with Gasteiger partial charge in [0, 0.05) is 30.8 Å². The van der Waals surface area contributed by atoms with Gasteiger partial charge in [-0.25, -0.2) is 0 Å². The smallest absolute Gasteiger partial charge is 0.133 e. The first-order valence-corrected chi connectivity index (χ1v) is 17.5. The van der Waals surface area contributed by atoms with E-state index in [0.717, 1.165) is 94.8 Å². The van der Waals surface area contributed by atoms with Gasteiger partial charge in [-0.05, 0) is 127 Å². The highest BCUT2D eigenvalue weighted by Gasteiger charge is 2.11. The fraction of sp³-hybridized carbons (Fsp3) is 0.371. The summed E-state index contributed by atoms with van der Waals surface area (Å²) < 4.78 is 17.5. The topological polar surface area (TPSA) is 95.2 Å². The maximum absolute atomic E-state index is 5.94. The number of nitrogens with one attached hydrogen (secondary N) is 1. The van der Waals surface area contributed by atoms with Crippen molar-refractivity contribution >= 4 is 31.9 Å². The van der Waals surface area contributed by atoms with Crippen LogP contribution in [0.3, 0.4) is 0 Å². The Morgan fingerprint density at radius 2 is 1.26 bits per heavy atom. The summed E-state index contributed by atoms with van der Waals surface area (Å²) in [4.78, 5) is 2.16. The van der Waals surface area contributed by atoms with E-state index in [9.17, 15) is 0 Å². The van der Waals surface area contributed by atoms with Crippen molar-refractivity contribution in [3.05, 3.63) is 93.1 Å². The molecule has 0 saturated carbocycles. The van der Waals surface area contributed by atoms with E-state index < -0.39 is 0 Å². The standard InChI is InChI=1S/C35H42Br2N8O2/c1-38-15-5-19-46-34-11-9-26(21-30(34)36)13-17-44-24-32(39-41-44)28-7-4-8-29(23-28)33-25-45(42-40-33)18-14-27-10-12-35(31(37)22-27)47-20-6-16-43(2)3/h4,7-12,21-25,38H,5-6,13-20H2,1-3H3. The number of benzene rings is 3. The second kappa shape index (κ2) is 17.5. The van der Waals surface area contributed by atoms with Crippen LogP contribution >= 0.6 is 31.9 Å². The van der Waals surface area contributed by atoms with Crippen molar-refractivity contribution < 1.29 is 9.47 Å². The minimum absolute atomic E-state index is 0.683. The summed E-state index contributed by atoms with van der Waals surface area (Å²) >= 11 is 7.31. The molecular formula is C35H42Br2N8O2. The van der Waals surface area contributed by atoms with E-state index in [1.807, 2.05) is 59.1 Å². The molecule has 0 bridgehead atoms. The number of aromatic nitrogens is 6. The molecule has 5 rings (SSSR count). The first-order valence-electron chi connectivity index (χ1n) is 15.9. The van der Waals surface area contributed by atoms with Crippen molar-refractivity contribution in [3.63, 3.8) is 0 Å². The molecule has 0 aliphatic heterocycles. The molecule has 12 heteroatoms. The minimum atomic E-state index is 0.683. The van der Waals surface area contributed by atoms with Gasteiger partial charge in [0.15, 0.2) is 0 Å². The minimum Gasteiger partial charge on any atom is -0.492 e. The fourth-order valence-electron chi connectivity index (χ4n) is 5.03. The molecule has 0 atom stereocenters. The maximum Gasteiger partial charge on any atom is 0.133 e. The van der Waals surface area contributed by atoms with Crippen LogP contribution in [0.1, 0.15) is 24.0 Å². The lowest BCUT2D eigenvalue weighted by atomic mass is 10.1. The number of ether oxygens (including phenoxy) is 2. The van der Waals surface area contributed by atoms with Crippen molar-refractivity contribution in [3.8, 4) is 34.0 Å². The molecule has 0 aliphatic rings. The van der Waals surface area contributed by atoms with E-state index >= 15 is 0 Å². The third-order valence-electron chi connectivity index (χ3n) is 7.62. The number of rotatable bonds is 18. The number of nitrogens with zero attached hydrogens (tertiary/aromatic N) is 7. The number of aryl methyl sites for hydroxylation is 4. The third-order valence-corrected chi connectivity index (χ3v) is 8.86. The maximum atomic E-state index is 5.94. The highest BCUT2D eigenvalue weighted by molar-refractivity contribution is 9.10. The molecule has 10 nitrogen and oxygen atoms in total. The highest BCUT2D eigenvalue weighted by atomic mass is 79.9. The second-order valence-electron chi connectivity index (χ2n) is 11.7. The molecule has 0 radical (unpaired) electrons. The molecule has 0 saturated heterocycles. The number of halogens is 2. The van der Waals surface area contributed by atoms with E-state index in [0.29, 0.717) is 13.2 Å². The Hall–Kier alpha value is -3.58. The van der Waals surface area contributed by atoms with Crippen LogP contribution in [0.5, 0.6) is 11.5 Å². The van der Waals surface area contributed by atoms with Crippen molar-refractivity contribution in [1.82, 2.24) is 40.2 Å². The van der Waals surface area contributed by atoms with Crippen LogP contribution < -0.4 is 14.8 Å². The van der Waals surface area contributed by atoms with Crippen LogP contribution in [-0.4, -0.2) is 82.3 Å². The number of hydrogen-bond acceptors (Lipinski definition) is 8. The third kappa shape index (κ3) is 10.5. The Balaban J connectivity index is 1.13. The molecule has 1 N–H and O–H groups in total. The number of hydrogen-bond donors (Lipinski definition) is 1. The molecule has 47 heavy (non-hydrogen) atoms. The van der Waals surface area contributed by atoms with Crippen LogP contribution in [0.15, 0.2) is 82.0 Å². The van der Waals surface area contributed by atoms with Crippen LogP contribution in [0.25, 0.3) is 22.5 Å². The average Bonchev–Trinajstić information content (AvgIpc) is 3.75. The van der Waals surface area contributed by atoms with Crippen LogP contribution in [-0.2, 0) is 25.9 Å². The van der Waals surface area contributed by atoms with Gasteiger partial charge in [0.1, 0.15) is 22.9 Å². The summed E-state index contributed by atoms with van der Waals surface area (Å²) in [5.74, 6) is 1.74. The Kier molecular flexibility index (Phi) is 13.0. The molecule has 248 valence electrons. The summed E-state index contributed by atoms with van der Waals surface area (Å²) in [6.45, 7) is 4.76. The first-order chi connectivity index (χ1) is 22.9.